The van der Waals surface area contributed by atoms with Gasteiger partial charge in [-0.05, 0) is 12.1 Å². The number of hydrogen-bond donors (Lipinski definition) is 4. The molecule has 0 aliphatic heterocycles. The Hall–Kier alpha value is -1.69. The minimum absolute atomic E-state index is 0.715. The highest BCUT2D eigenvalue weighted by molar-refractivity contribution is 7.60. The average molecular weight is 246 g/mol. The van der Waals surface area contributed by atoms with Crippen LogP contribution in [0.5, 0.6) is 0 Å². The van der Waals surface area contributed by atoms with Gasteiger partial charge in [0.15, 0.2) is 0 Å². The number of benzene rings is 1. The van der Waals surface area contributed by atoms with Crippen molar-refractivity contribution in [2.45, 2.75) is 0 Å². The average Bonchev–Trinajstić information content (AvgIpc) is 2.15. The maximum atomic E-state index is 11.1. The minimum Gasteiger partial charge on any atom is -0.478 e. The predicted octanol–water partition coefficient (Wildman–Crippen LogP) is -0.114. The molecular formula is C8H7O7P. The lowest BCUT2D eigenvalue weighted by atomic mass is 10.1. The molecule has 0 aromatic heterocycles. The van der Waals surface area contributed by atoms with E-state index in [4.69, 9.17) is 20.0 Å². The number of carboxylic acids is 2. The van der Waals surface area contributed by atoms with Gasteiger partial charge in [-0.25, -0.2) is 9.59 Å². The van der Waals surface area contributed by atoms with Crippen molar-refractivity contribution in [1.82, 2.24) is 0 Å². The van der Waals surface area contributed by atoms with Gasteiger partial charge in [-0.15, -0.1) is 0 Å². The Labute approximate surface area is 89.1 Å². The van der Waals surface area contributed by atoms with E-state index in [0.29, 0.717) is 0 Å². The molecule has 0 amide bonds. The van der Waals surface area contributed by atoms with Gasteiger partial charge in [0.1, 0.15) is 0 Å². The minimum atomic E-state index is -4.96. The summed E-state index contributed by atoms with van der Waals surface area (Å²) in [4.78, 5) is 39.3. The second-order valence-corrected chi connectivity index (χ2v) is 4.39. The van der Waals surface area contributed by atoms with Crippen molar-refractivity contribution in [3.05, 3.63) is 29.3 Å². The second-order valence-electron chi connectivity index (χ2n) is 2.86. The smallest absolute Gasteiger partial charge is 0.357 e. The molecule has 8 heteroatoms. The van der Waals surface area contributed by atoms with Crippen LogP contribution in [0.1, 0.15) is 20.7 Å². The van der Waals surface area contributed by atoms with Crippen molar-refractivity contribution in [1.29, 1.82) is 0 Å². The molecule has 0 saturated carbocycles. The molecule has 1 rings (SSSR count). The lowest BCUT2D eigenvalue weighted by Crippen LogP contribution is -2.23. The Morgan fingerprint density at radius 1 is 1.00 bits per heavy atom. The highest BCUT2D eigenvalue weighted by Crippen LogP contribution is 2.36. The van der Waals surface area contributed by atoms with Gasteiger partial charge >= 0.3 is 19.5 Å². The first-order valence-corrected chi connectivity index (χ1v) is 5.52. The largest absolute Gasteiger partial charge is 0.478 e. The van der Waals surface area contributed by atoms with Crippen molar-refractivity contribution in [3.8, 4) is 0 Å². The van der Waals surface area contributed by atoms with Gasteiger partial charge in [-0.2, -0.15) is 0 Å². The van der Waals surface area contributed by atoms with Gasteiger partial charge in [-0.1, -0.05) is 6.07 Å². The monoisotopic (exact) mass is 246 g/mol. The van der Waals surface area contributed by atoms with E-state index in [1.165, 1.54) is 0 Å². The molecule has 0 saturated heterocycles. The first kappa shape index (κ1) is 12.4. The number of aromatic carboxylic acids is 2. The molecule has 0 atom stereocenters. The van der Waals surface area contributed by atoms with Crippen LogP contribution in [0.25, 0.3) is 0 Å². The standard InChI is InChI=1S/C8H7O7P/c9-7(10)4-2-1-3-5(8(11)12)6(4)16(13,14)15/h1-3H,(H,9,10)(H,11,12)(H2,13,14,15). The molecule has 0 heterocycles. The summed E-state index contributed by atoms with van der Waals surface area (Å²) in [6.07, 6.45) is 0. The van der Waals surface area contributed by atoms with E-state index < -0.39 is 36.0 Å². The van der Waals surface area contributed by atoms with Crippen molar-refractivity contribution < 1.29 is 34.2 Å². The van der Waals surface area contributed by atoms with Crippen molar-refractivity contribution in [2.75, 3.05) is 0 Å². The van der Waals surface area contributed by atoms with Crippen LogP contribution in [-0.4, -0.2) is 31.9 Å². The zero-order valence-corrected chi connectivity index (χ0v) is 8.59. The van der Waals surface area contributed by atoms with Crippen LogP contribution < -0.4 is 5.30 Å². The fourth-order valence-electron chi connectivity index (χ4n) is 1.20. The van der Waals surface area contributed by atoms with Gasteiger partial charge in [0.25, 0.3) is 0 Å². The number of hydrogen-bond acceptors (Lipinski definition) is 3. The van der Waals surface area contributed by atoms with Crippen molar-refractivity contribution in [2.24, 2.45) is 0 Å². The van der Waals surface area contributed by atoms with Crippen molar-refractivity contribution >= 4 is 24.8 Å². The molecule has 1 aromatic rings. The normalized spacial score (nSPS) is 11.1. The highest BCUT2D eigenvalue weighted by Gasteiger charge is 2.30. The van der Waals surface area contributed by atoms with Crippen LogP contribution in [-0.2, 0) is 4.57 Å². The molecular weight excluding hydrogens is 239 g/mol. The number of carbonyl (C=O) groups is 2. The molecule has 7 nitrogen and oxygen atoms in total. The molecule has 0 spiro atoms. The van der Waals surface area contributed by atoms with E-state index in [2.05, 4.69) is 0 Å². The highest BCUT2D eigenvalue weighted by atomic mass is 31.2. The summed E-state index contributed by atoms with van der Waals surface area (Å²) in [5.74, 6) is -3.19. The molecule has 0 radical (unpaired) electrons. The van der Waals surface area contributed by atoms with Crippen LogP contribution >= 0.6 is 7.60 Å². The summed E-state index contributed by atoms with van der Waals surface area (Å²) >= 11 is 0. The zero-order valence-electron chi connectivity index (χ0n) is 7.69. The molecule has 0 aliphatic carbocycles. The third-order valence-electron chi connectivity index (χ3n) is 1.79. The summed E-state index contributed by atoms with van der Waals surface area (Å²) in [7, 11) is -4.96. The number of carboxylic acid groups (broad SMARTS) is 2. The predicted molar refractivity (Wildman–Crippen MR) is 52.0 cm³/mol. The van der Waals surface area contributed by atoms with E-state index in [9.17, 15) is 14.2 Å². The van der Waals surface area contributed by atoms with Gasteiger partial charge < -0.3 is 20.0 Å². The lowest BCUT2D eigenvalue weighted by molar-refractivity contribution is 0.0696. The molecule has 16 heavy (non-hydrogen) atoms. The molecule has 1 aromatic carbocycles. The quantitative estimate of drug-likeness (QED) is 0.546. The maximum absolute atomic E-state index is 11.1. The SMILES string of the molecule is O=C(O)c1cccc(C(=O)O)c1P(=O)(O)O. The fourth-order valence-corrected chi connectivity index (χ4v) is 2.17. The van der Waals surface area contributed by atoms with Crippen LogP contribution in [0.15, 0.2) is 18.2 Å². The topological polar surface area (TPSA) is 132 Å². The second kappa shape index (κ2) is 4.05. The van der Waals surface area contributed by atoms with Gasteiger partial charge in [0.2, 0.25) is 0 Å². The molecule has 0 aliphatic rings. The summed E-state index contributed by atoms with van der Waals surface area (Å²) in [5.41, 5.74) is -1.43. The fraction of sp³-hybridized carbons (Fsp3) is 0. The van der Waals surface area contributed by atoms with Crippen LogP contribution in [0, 0.1) is 0 Å². The summed E-state index contributed by atoms with van der Waals surface area (Å²) in [6, 6.07) is 2.97. The molecule has 0 fully saturated rings. The van der Waals surface area contributed by atoms with E-state index in [-0.39, 0.29) is 0 Å². The zero-order chi connectivity index (χ0) is 12.5. The van der Waals surface area contributed by atoms with E-state index in [1.54, 1.807) is 0 Å². The van der Waals surface area contributed by atoms with E-state index >= 15 is 0 Å². The maximum Gasteiger partial charge on any atom is 0.357 e. The molecule has 0 bridgehead atoms. The number of rotatable bonds is 3. The summed E-state index contributed by atoms with van der Waals surface area (Å²) < 4.78 is 11.1. The molecule has 0 unspecified atom stereocenters. The summed E-state index contributed by atoms with van der Waals surface area (Å²) in [5, 5.41) is 16.4. The summed E-state index contributed by atoms with van der Waals surface area (Å²) in [6.45, 7) is 0. The Balaban J connectivity index is 3.67. The van der Waals surface area contributed by atoms with E-state index in [0.717, 1.165) is 18.2 Å². The Bertz CT molecular complexity index is 469. The van der Waals surface area contributed by atoms with Crippen LogP contribution in [0.4, 0.5) is 0 Å². The molecule has 86 valence electrons. The Morgan fingerprint density at radius 2 is 1.38 bits per heavy atom. The van der Waals surface area contributed by atoms with Gasteiger partial charge in [0, 0.05) is 0 Å². The third kappa shape index (κ3) is 2.27. The third-order valence-corrected chi connectivity index (χ3v) is 2.85. The van der Waals surface area contributed by atoms with Gasteiger partial charge in [0.05, 0.1) is 16.4 Å². The molecule has 4 N–H and O–H groups in total. The Kier molecular flexibility index (Phi) is 3.14. The first-order chi connectivity index (χ1) is 7.25. The lowest BCUT2D eigenvalue weighted by Gasteiger charge is -2.10. The van der Waals surface area contributed by atoms with E-state index in [1.807, 2.05) is 0 Å². The van der Waals surface area contributed by atoms with Crippen LogP contribution in [0.3, 0.4) is 0 Å². The first-order valence-electron chi connectivity index (χ1n) is 3.91. The van der Waals surface area contributed by atoms with Crippen molar-refractivity contribution in [3.63, 3.8) is 0 Å². The van der Waals surface area contributed by atoms with Gasteiger partial charge in [-0.3, -0.25) is 4.57 Å². The van der Waals surface area contributed by atoms with Crippen LogP contribution in [0.2, 0.25) is 0 Å². The Morgan fingerprint density at radius 3 is 1.62 bits per heavy atom.